The molecule has 0 bridgehead atoms. The van der Waals surface area contributed by atoms with Gasteiger partial charge in [-0.2, -0.15) is 0 Å². The van der Waals surface area contributed by atoms with Gasteiger partial charge in [0.25, 0.3) is 0 Å². The Balaban J connectivity index is 2.09. The van der Waals surface area contributed by atoms with E-state index in [1.807, 2.05) is 50.2 Å². The number of aryl methyl sites for hydroxylation is 2. The highest BCUT2D eigenvalue weighted by atomic mass is 79.9. The summed E-state index contributed by atoms with van der Waals surface area (Å²) >= 11 is 14.8. The van der Waals surface area contributed by atoms with Gasteiger partial charge in [-0.25, -0.2) is 0 Å². The lowest BCUT2D eigenvalue weighted by Gasteiger charge is -2.13. The standard InChI is InChI=1S/C15H14BrClN2S/c1-9-3-4-11(17)8-14(9)19-15(20)18-12-5-6-13(16)10(2)7-12/h3-8H,1-2H3,(H2,18,19,20). The maximum absolute atomic E-state index is 5.99. The van der Waals surface area contributed by atoms with Gasteiger partial charge in [-0.05, 0) is 67.5 Å². The molecule has 104 valence electrons. The molecule has 2 N–H and O–H groups in total. The van der Waals surface area contributed by atoms with E-state index in [2.05, 4.69) is 26.6 Å². The molecule has 2 aromatic carbocycles. The summed E-state index contributed by atoms with van der Waals surface area (Å²) in [5.74, 6) is 0. The molecule has 0 spiro atoms. The Morgan fingerprint density at radius 2 is 1.80 bits per heavy atom. The smallest absolute Gasteiger partial charge is 0.175 e. The van der Waals surface area contributed by atoms with E-state index < -0.39 is 0 Å². The molecule has 0 fully saturated rings. The minimum Gasteiger partial charge on any atom is -0.332 e. The van der Waals surface area contributed by atoms with Crippen LogP contribution in [0.4, 0.5) is 11.4 Å². The highest BCUT2D eigenvalue weighted by Gasteiger charge is 2.04. The van der Waals surface area contributed by atoms with Crippen molar-refractivity contribution >= 4 is 56.2 Å². The average Bonchev–Trinajstić information content (AvgIpc) is 2.38. The van der Waals surface area contributed by atoms with E-state index >= 15 is 0 Å². The van der Waals surface area contributed by atoms with Gasteiger partial charge in [0.05, 0.1) is 0 Å². The van der Waals surface area contributed by atoms with Crippen LogP contribution in [0.5, 0.6) is 0 Å². The normalized spacial score (nSPS) is 10.2. The predicted molar refractivity (Wildman–Crippen MR) is 94.9 cm³/mol. The number of hydrogen-bond donors (Lipinski definition) is 2. The zero-order valence-electron chi connectivity index (χ0n) is 11.1. The lowest BCUT2D eigenvalue weighted by Crippen LogP contribution is -2.19. The molecule has 0 aliphatic heterocycles. The molecule has 0 aromatic heterocycles. The fraction of sp³-hybridized carbons (Fsp3) is 0.133. The lowest BCUT2D eigenvalue weighted by molar-refractivity contribution is 1.42. The molecule has 0 unspecified atom stereocenters. The summed E-state index contributed by atoms with van der Waals surface area (Å²) in [6, 6.07) is 11.7. The molecule has 0 heterocycles. The van der Waals surface area contributed by atoms with Crippen LogP contribution in [0, 0.1) is 13.8 Å². The molecule has 20 heavy (non-hydrogen) atoms. The van der Waals surface area contributed by atoms with Crippen LogP contribution in [0.25, 0.3) is 0 Å². The van der Waals surface area contributed by atoms with Gasteiger partial charge >= 0.3 is 0 Å². The molecule has 2 nitrogen and oxygen atoms in total. The summed E-state index contributed by atoms with van der Waals surface area (Å²) < 4.78 is 1.08. The first kappa shape index (κ1) is 15.3. The van der Waals surface area contributed by atoms with E-state index in [0.717, 1.165) is 27.0 Å². The number of thiocarbonyl (C=S) groups is 1. The summed E-state index contributed by atoms with van der Waals surface area (Å²) in [5.41, 5.74) is 4.09. The molecular formula is C15H14BrClN2S. The number of hydrogen-bond acceptors (Lipinski definition) is 1. The molecule has 0 amide bonds. The first-order valence-corrected chi connectivity index (χ1v) is 7.64. The number of benzene rings is 2. The van der Waals surface area contributed by atoms with Crippen LogP contribution in [0.1, 0.15) is 11.1 Å². The fourth-order valence-electron chi connectivity index (χ4n) is 1.74. The Labute approximate surface area is 137 Å². The minimum atomic E-state index is 0.539. The molecule has 2 rings (SSSR count). The number of anilines is 2. The second-order valence-electron chi connectivity index (χ2n) is 4.50. The van der Waals surface area contributed by atoms with Gasteiger partial charge in [0.15, 0.2) is 5.11 Å². The van der Waals surface area contributed by atoms with Crippen molar-refractivity contribution in [2.24, 2.45) is 0 Å². The van der Waals surface area contributed by atoms with Crippen molar-refractivity contribution in [3.05, 3.63) is 57.0 Å². The summed E-state index contributed by atoms with van der Waals surface area (Å²) in [4.78, 5) is 0. The zero-order valence-corrected chi connectivity index (χ0v) is 14.3. The highest BCUT2D eigenvalue weighted by Crippen LogP contribution is 2.22. The molecule has 0 aliphatic rings. The van der Waals surface area contributed by atoms with Gasteiger partial charge in [-0.15, -0.1) is 0 Å². The highest BCUT2D eigenvalue weighted by molar-refractivity contribution is 9.10. The third-order valence-corrected chi connectivity index (χ3v) is 4.19. The van der Waals surface area contributed by atoms with Gasteiger partial charge in [-0.1, -0.05) is 33.6 Å². The number of nitrogens with one attached hydrogen (secondary N) is 2. The Morgan fingerprint density at radius 3 is 2.50 bits per heavy atom. The largest absolute Gasteiger partial charge is 0.332 e. The molecule has 5 heteroatoms. The van der Waals surface area contributed by atoms with Crippen LogP contribution >= 0.6 is 39.7 Å². The van der Waals surface area contributed by atoms with Crippen molar-refractivity contribution in [2.45, 2.75) is 13.8 Å². The van der Waals surface area contributed by atoms with Gasteiger partial charge in [0.2, 0.25) is 0 Å². The van der Waals surface area contributed by atoms with Crippen molar-refractivity contribution < 1.29 is 0 Å². The van der Waals surface area contributed by atoms with E-state index in [0.29, 0.717) is 10.1 Å². The van der Waals surface area contributed by atoms with E-state index in [9.17, 15) is 0 Å². The van der Waals surface area contributed by atoms with Crippen molar-refractivity contribution in [1.29, 1.82) is 0 Å². The summed E-state index contributed by atoms with van der Waals surface area (Å²) in [7, 11) is 0. The van der Waals surface area contributed by atoms with E-state index in [4.69, 9.17) is 23.8 Å². The van der Waals surface area contributed by atoms with Crippen molar-refractivity contribution in [3.8, 4) is 0 Å². The van der Waals surface area contributed by atoms with Gasteiger partial charge < -0.3 is 10.6 Å². The van der Waals surface area contributed by atoms with E-state index in [-0.39, 0.29) is 0 Å². The minimum absolute atomic E-state index is 0.539. The van der Waals surface area contributed by atoms with Crippen molar-refractivity contribution in [1.82, 2.24) is 0 Å². The van der Waals surface area contributed by atoms with Crippen LogP contribution in [0.2, 0.25) is 5.02 Å². The Kier molecular flexibility index (Phi) is 5.02. The monoisotopic (exact) mass is 368 g/mol. The topological polar surface area (TPSA) is 24.1 Å². The van der Waals surface area contributed by atoms with Gasteiger partial charge in [0.1, 0.15) is 0 Å². The second kappa shape index (κ2) is 6.57. The van der Waals surface area contributed by atoms with Crippen molar-refractivity contribution in [2.75, 3.05) is 10.6 Å². The Morgan fingerprint density at radius 1 is 1.05 bits per heavy atom. The average molecular weight is 370 g/mol. The Hall–Kier alpha value is -1.10. The molecule has 2 aromatic rings. The SMILES string of the molecule is Cc1cc(NC(=S)Nc2cc(Cl)ccc2C)ccc1Br. The second-order valence-corrected chi connectivity index (χ2v) is 6.20. The van der Waals surface area contributed by atoms with Crippen LogP contribution in [0.15, 0.2) is 40.9 Å². The maximum atomic E-state index is 5.99. The molecule has 0 aliphatic carbocycles. The van der Waals surface area contributed by atoms with Crippen LogP contribution in [0.3, 0.4) is 0 Å². The van der Waals surface area contributed by atoms with Gasteiger partial charge in [-0.3, -0.25) is 0 Å². The van der Waals surface area contributed by atoms with Crippen LogP contribution in [-0.4, -0.2) is 5.11 Å². The predicted octanol–water partition coefficient (Wildman–Crippen LogP) is 5.53. The van der Waals surface area contributed by atoms with Crippen LogP contribution < -0.4 is 10.6 Å². The summed E-state index contributed by atoms with van der Waals surface area (Å²) in [6.45, 7) is 4.04. The maximum Gasteiger partial charge on any atom is 0.175 e. The summed E-state index contributed by atoms with van der Waals surface area (Å²) in [5, 5.41) is 7.54. The quantitative estimate of drug-likeness (QED) is 0.681. The first-order chi connectivity index (χ1) is 9.45. The van der Waals surface area contributed by atoms with E-state index in [1.54, 1.807) is 0 Å². The third-order valence-electron chi connectivity index (χ3n) is 2.86. The first-order valence-electron chi connectivity index (χ1n) is 6.06. The molecule has 0 saturated heterocycles. The molecule has 0 saturated carbocycles. The van der Waals surface area contributed by atoms with E-state index in [1.165, 1.54) is 0 Å². The Bertz CT molecular complexity index is 658. The molecule has 0 radical (unpaired) electrons. The van der Waals surface area contributed by atoms with Gasteiger partial charge in [0, 0.05) is 20.9 Å². The number of halogens is 2. The van der Waals surface area contributed by atoms with Crippen LogP contribution in [-0.2, 0) is 0 Å². The lowest BCUT2D eigenvalue weighted by atomic mass is 10.2. The third kappa shape index (κ3) is 3.95. The zero-order chi connectivity index (χ0) is 14.7. The van der Waals surface area contributed by atoms with Crippen molar-refractivity contribution in [3.63, 3.8) is 0 Å². The number of rotatable bonds is 2. The molecular weight excluding hydrogens is 356 g/mol. The molecule has 0 atom stereocenters. The summed E-state index contributed by atoms with van der Waals surface area (Å²) in [6.07, 6.45) is 0. The fourth-order valence-corrected chi connectivity index (χ4v) is 2.38.